The number of aliphatic carboxylic acids is 1. The lowest BCUT2D eigenvalue weighted by Gasteiger charge is -2.35. The number of urea groups is 1. The van der Waals surface area contributed by atoms with Crippen molar-refractivity contribution in [2.45, 2.75) is 65.0 Å². The van der Waals surface area contributed by atoms with Crippen LogP contribution in [-0.4, -0.2) is 52.1 Å². The van der Waals surface area contributed by atoms with Gasteiger partial charge in [0.05, 0.1) is 0 Å². The van der Waals surface area contributed by atoms with Crippen LogP contribution in [0.3, 0.4) is 0 Å². The summed E-state index contributed by atoms with van der Waals surface area (Å²) in [7, 11) is 0. The Hall–Kier alpha value is -1.26. The molecule has 1 N–H and O–H groups in total. The third-order valence-corrected chi connectivity index (χ3v) is 3.99. The number of rotatable bonds is 4. The van der Waals surface area contributed by atoms with Crippen LogP contribution in [0.15, 0.2) is 0 Å². The molecule has 0 aromatic carbocycles. The Morgan fingerprint density at radius 3 is 2.53 bits per heavy atom. The topological polar surface area (TPSA) is 60.9 Å². The van der Waals surface area contributed by atoms with Crippen molar-refractivity contribution in [3.05, 3.63) is 0 Å². The van der Waals surface area contributed by atoms with Gasteiger partial charge in [0.25, 0.3) is 0 Å². The van der Waals surface area contributed by atoms with Gasteiger partial charge in [0.15, 0.2) is 0 Å². The molecular weight excluding hydrogens is 244 g/mol. The van der Waals surface area contributed by atoms with Crippen LogP contribution in [0.1, 0.15) is 52.9 Å². The van der Waals surface area contributed by atoms with Gasteiger partial charge in [-0.1, -0.05) is 19.8 Å². The van der Waals surface area contributed by atoms with Gasteiger partial charge < -0.3 is 14.9 Å². The summed E-state index contributed by atoms with van der Waals surface area (Å²) in [5, 5.41) is 9.32. The number of amides is 2. The number of hydrogen-bond acceptors (Lipinski definition) is 2. The second-order valence-corrected chi connectivity index (χ2v) is 5.22. The molecule has 0 spiro atoms. The molecule has 1 rings (SSSR count). The van der Waals surface area contributed by atoms with Crippen molar-refractivity contribution in [2.24, 2.45) is 0 Å². The van der Waals surface area contributed by atoms with Crippen molar-refractivity contribution in [1.82, 2.24) is 9.80 Å². The average Bonchev–Trinajstić information content (AvgIpc) is 2.64. The van der Waals surface area contributed by atoms with Gasteiger partial charge in [0.1, 0.15) is 6.04 Å². The third kappa shape index (κ3) is 3.85. The summed E-state index contributed by atoms with van der Waals surface area (Å²) in [4.78, 5) is 27.3. The van der Waals surface area contributed by atoms with Gasteiger partial charge >= 0.3 is 12.0 Å². The highest BCUT2D eigenvalue weighted by Gasteiger charge is 2.33. The summed E-state index contributed by atoms with van der Waals surface area (Å²) in [6.45, 7) is 7.17. The lowest BCUT2D eigenvalue weighted by atomic mass is 10.1. The minimum atomic E-state index is -0.879. The molecule has 19 heavy (non-hydrogen) atoms. The molecule has 110 valence electrons. The largest absolute Gasteiger partial charge is 0.480 e. The average molecular weight is 270 g/mol. The second kappa shape index (κ2) is 7.36. The summed E-state index contributed by atoms with van der Waals surface area (Å²) in [6.07, 6.45) is 4.23. The fraction of sp³-hybridized carbons (Fsp3) is 0.857. The highest BCUT2D eigenvalue weighted by Crippen LogP contribution is 2.20. The molecule has 1 aliphatic rings. The molecule has 5 nitrogen and oxygen atoms in total. The van der Waals surface area contributed by atoms with Crippen LogP contribution in [0.25, 0.3) is 0 Å². The molecular formula is C14H26N2O3. The van der Waals surface area contributed by atoms with Gasteiger partial charge in [-0.05, 0) is 33.1 Å². The van der Waals surface area contributed by atoms with Crippen molar-refractivity contribution in [3.8, 4) is 0 Å². The number of likely N-dealkylation sites (tertiary alicyclic amines) is 1. The maximum absolute atomic E-state index is 12.6. The first-order valence-electron chi connectivity index (χ1n) is 7.32. The van der Waals surface area contributed by atoms with E-state index in [1.54, 1.807) is 9.80 Å². The zero-order valence-corrected chi connectivity index (χ0v) is 12.3. The van der Waals surface area contributed by atoms with E-state index >= 15 is 0 Å². The van der Waals surface area contributed by atoms with E-state index in [0.717, 1.165) is 25.7 Å². The van der Waals surface area contributed by atoms with E-state index in [1.807, 2.05) is 20.8 Å². The zero-order valence-electron chi connectivity index (χ0n) is 12.3. The molecule has 2 amide bonds. The van der Waals surface area contributed by atoms with Crippen LogP contribution in [-0.2, 0) is 4.79 Å². The Balaban J connectivity index is 2.88. The number of carbonyl (C=O) groups is 2. The lowest BCUT2D eigenvalue weighted by molar-refractivity contribution is -0.142. The fourth-order valence-electron chi connectivity index (χ4n) is 2.61. The van der Waals surface area contributed by atoms with E-state index in [0.29, 0.717) is 19.5 Å². The van der Waals surface area contributed by atoms with E-state index in [-0.39, 0.29) is 12.1 Å². The van der Waals surface area contributed by atoms with Crippen molar-refractivity contribution in [1.29, 1.82) is 0 Å². The summed E-state index contributed by atoms with van der Waals surface area (Å²) >= 11 is 0. The molecule has 0 saturated carbocycles. The summed E-state index contributed by atoms with van der Waals surface area (Å²) in [5.41, 5.74) is 0. The molecule has 0 aliphatic carbocycles. The van der Waals surface area contributed by atoms with Crippen LogP contribution in [0.4, 0.5) is 4.79 Å². The van der Waals surface area contributed by atoms with Gasteiger partial charge in [0.2, 0.25) is 0 Å². The van der Waals surface area contributed by atoms with Crippen LogP contribution in [0.2, 0.25) is 0 Å². The van der Waals surface area contributed by atoms with Gasteiger partial charge in [0, 0.05) is 19.1 Å². The first kappa shape index (κ1) is 15.8. The first-order valence-corrected chi connectivity index (χ1v) is 7.32. The first-order chi connectivity index (χ1) is 9.02. The molecule has 1 heterocycles. The summed E-state index contributed by atoms with van der Waals surface area (Å²) < 4.78 is 0. The fourth-order valence-corrected chi connectivity index (χ4v) is 2.61. The van der Waals surface area contributed by atoms with Gasteiger partial charge in [-0.2, -0.15) is 0 Å². The maximum Gasteiger partial charge on any atom is 0.326 e. The maximum atomic E-state index is 12.6. The van der Waals surface area contributed by atoms with Gasteiger partial charge in [-0.3, -0.25) is 0 Å². The normalized spacial score (nSPS) is 21.6. The third-order valence-electron chi connectivity index (χ3n) is 3.99. The summed E-state index contributed by atoms with van der Waals surface area (Å²) in [6, 6.07) is -0.630. The molecule has 1 fully saturated rings. The van der Waals surface area contributed by atoms with Crippen LogP contribution in [0.5, 0.6) is 0 Å². The van der Waals surface area contributed by atoms with Gasteiger partial charge in [-0.15, -0.1) is 0 Å². The molecule has 2 unspecified atom stereocenters. The van der Waals surface area contributed by atoms with Crippen molar-refractivity contribution >= 4 is 12.0 Å². The zero-order chi connectivity index (χ0) is 14.4. The van der Waals surface area contributed by atoms with Crippen molar-refractivity contribution in [2.75, 3.05) is 13.1 Å². The Morgan fingerprint density at radius 1 is 1.32 bits per heavy atom. The Morgan fingerprint density at radius 2 is 2.00 bits per heavy atom. The van der Waals surface area contributed by atoms with E-state index in [1.165, 1.54) is 0 Å². The smallest absolute Gasteiger partial charge is 0.326 e. The summed E-state index contributed by atoms with van der Waals surface area (Å²) in [5.74, 6) is -0.879. The van der Waals surface area contributed by atoms with E-state index in [4.69, 9.17) is 0 Å². The predicted molar refractivity (Wildman–Crippen MR) is 74.1 cm³/mol. The van der Waals surface area contributed by atoms with Crippen LogP contribution < -0.4 is 0 Å². The lowest BCUT2D eigenvalue weighted by Crippen LogP contribution is -2.53. The quantitative estimate of drug-likeness (QED) is 0.854. The Labute approximate surface area is 115 Å². The van der Waals surface area contributed by atoms with Crippen molar-refractivity contribution in [3.63, 3.8) is 0 Å². The van der Waals surface area contributed by atoms with E-state index in [9.17, 15) is 14.7 Å². The molecule has 0 aromatic heterocycles. The molecule has 0 radical (unpaired) electrons. The van der Waals surface area contributed by atoms with Crippen LogP contribution in [0, 0.1) is 0 Å². The van der Waals surface area contributed by atoms with Crippen molar-refractivity contribution < 1.29 is 14.7 Å². The minimum Gasteiger partial charge on any atom is -0.480 e. The molecule has 0 aromatic rings. The number of carboxylic acids is 1. The molecule has 0 bridgehead atoms. The standard InChI is InChI=1S/C14H26N2O3/c1-4-11(3)15(5-2)14(19)16-10-8-6-7-9-12(16)13(17)18/h11-12H,4-10H2,1-3H3,(H,17,18). The second-order valence-electron chi connectivity index (χ2n) is 5.22. The molecule has 1 aliphatic heterocycles. The highest BCUT2D eigenvalue weighted by molar-refractivity contribution is 5.83. The van der Waals surface area contributed by atoms with Gasteiger partial charge in [-0.25, -0.2) is 9.59 Å². The van der Waals surface area contributed by atoms with Crippen LogP contribution >= 0.6 is 0 Å². The number of nitrogens with zero attached hydrogens (tertiary/aromatic N) is 2. The number of carboxylic acid groups (broad SMARTS) is 1. The number of hydrogen-bond donors (Lipinski definition) is 1. The number of carbonyl (C=O) groups excluding carboxylic acids is 1. The van der Waals surface area contributed by atoms with E-state index in [2.05, 4.69) is 0 Å². The monoisotopic (exact) mass is 270 g/mol. The molecule has 2 atom stereocenters. The minimum absolute atomic E-state index is 0.119. The Bertz CT molecular complexity index is 320. The molecule has 1 saturated heterocycles. The predicted octanol–water partition coefficient (Wildman–Crippen LogP) is 2.56. The molecule has 5 heteroatoms. The van der Waals surface area contributed by atoms with E-state index < -0.39 is 12.0 Å². The SMILES string of the molecule is CCC(C)N(CC)C(=O)N1CCCCCC1C(=O)O. The highest BCUT2D eigenvalue weighted by atomic mass is 16.4. The Kier molecular flexibility index (Phi) is 6.12.